The lowest BCUT2D eigenvalue weighted by Gasteiger charge is -2.24. The summed E-state index contributed by atoms with van der Waals surface area (Å²) in [5.74, 6) is -0.242. The second kappa shape index (κ2) is 7.51. The molecule has 1 rings (SSSR count). The van der Waals surface area contributed by atoms with Crippen molar-refractivity contribution in [2.75, 3.05) is 25.9 Å². The van der Waals surface area contributed by atoms with Crippen molar-refractivity contribution in [3.63, 3.8) is 0 Å². The van der Waals surface area contributed by atoms with Gasteiger partial charge < -0.3 is 15.3 Å². The molecule has 0 saturated carbocycles. The highest BCUT2D eigenvalue weighted by atomic mass is 32.2. The molecule has 2 amide bonds. The number of hydrogen-bond donors (Lipinski definition) is 2. The fourth-order valence-corrected chi connectivity index (χ4v) is 3.11. The molecule has 0 aromatic rings. The van der Waals surface area contributed by atoms with Crippen LogP contribution in [0.3, 0.4) is 0 Å². The van der Waals surface area contributed by atoms with Crippen LogP contribution >= 0.6 is 11.8 Å². The minimum absolute atomic E-state index is 0.186. The van der Waals surface area contributed by atoms with Gasteiger partial charge in [0.05, 0.1) is 5.92 Å². The van der Waals surface area contributed by atoms with Crippen molar-refractivity contribution < 1.29 is 14.7 Å². The minimum atomic E-state index is -0.877. The Labute approximate surface area is 112 Å². The van der Waals surface area contributed by atoms with E-state index in [1.807, 2.05) is 11.8 Å². The molecule has 1 fully saturated rings. The number of hydrogen-bond acceptors (Lipinski definition) is 3. The Bertz CT molecular complexity index is 293. The number of nitrogens with one attached hydrogen (secondary N) is 1. The molecule has 6 heteroatoms. The summed E-state index contributed by atoms with van der Waals surface area (Å²) < 4.78 is 0. The normalized spacial score (nSPS) is 21.1. The molecule has 2 unspecified atom stereocenters. The molecule has 2 atom stereocenters. The summed E-state index contributed by atoms with van der Waals surface area (Å²) in [6.45, 7) is 2.51. The molecule has 1 aliphatic rings. The van der Waals surface area contributed by atoms with Gasteiger partial charge >= 0.3 is 12.0 Å². The third-order valence-electron chi connectivity index (χ3n) is 3.07. The van der Waals surface area contributed by atoms with Gasteiger partial charge in [-0.3, -0.25) is 4.79 Å². The SMILES string of the molecule is CC(CN(C)C(=O)NCC1CCCCS1)C(=O)O. The van der Waals surface area contributed by atoms with Gasteiger partial charge in [-0.05, 0) is 18.6 Å². The Morgan fingerprint density at radius 2 is 2.22 bits per heavy atom. The van der Waals surface area contributed by atoms with Gasteiger partial charge in [0.2, 0.25) is 0 Å². The predicted molar refractivity (Wildman–Crippen MR) is 72.9 cm³/mol. The first kappa shape index (κ1) is 15.1. The smallest absolute Gasteiger partial charge is 0.317 e. The number of carbonyl (C=O) groups excluding carboxylic acids is 1. The van der Waals surface area contributed by atoms with E-state index in [9.17, 15) is 9.59 Å². The van der Waals surface area contributed by atoms with Crippen molar-refractivity contribution in [3.8, 4) is 0 Å². The fourth-order valence-electron chi connectivity index (χ4n) is 1.88. The second-order valence-corrected chi connectivity index (χ2v) is 6.20. The summed E-state index contributed by atoms with van der Waals surface area (Å²) in [6, 6.07) is -0.186. The number of carbonyl (C=O) groups is 2. The van der Waals surface area contributed by atoms with E-state index in [1.165, 1.54) is 23.5 Å². The van der Waals surface area contributed by atoms with Crippen LogP contribution in [0.2, 0.25) is 0 Å². The van der Waals surface area contributed by atoms with Crippen molar-refractivity contribution in [2.24, 2.45) is 5.92 Å². The molecule has 0 aliphatic carbocycles. The molecule has 18 heavy (non-hydrogen) atoms. The van der Waals surface area contributed by atoms with Crippen LogP contribution < -0.4 is 5.32 Å². The van der Waals surface area contributed by atoms with Crippen LogP contribution in [0, 0.1) is 5.92 Å². The number of rotatable bonds is 5. The second-order valence-electron chi connectivity index (χ2n) is 4.79. The van der Waals surface area contributed by atoms with E-state index in [0.717, 1.165) is 6.42 Å². The zero-order valence-corrected chi connectivity index (χ0v) is 11.8. The zero-order chi connectivity index (χ0) is 13.5. The maximum atomic E-state index is 11.8. The number of amides is 2. The van der Waals surface area contributed by atoms with Crippen LogP contribution in [-0.2, 0) is 4.79 Å². The van der Waals surface area contributed by atoms with Crippen molar-refractivity contribution in [1.29, 1.82) is 0 Å². The van der Waals surface area contributed by atoms with Crippen LogP contribution in [0.15, 0.2) is 0 Å². The lowest BCUT2D eigenvalue weighted by molar-refractivity contribution is -0.141. The Morgan fingerprint density at radius 1 is 1.50 bits per heavy atom. The number of carboxylic acid groups (broad SMARTS) is 1. The fraction of sp³-hybridized carbons (Fsp3) is 0.833. The first-order valence-corrected chi connectivity index (χ1v) is 7.39. The van der Waals surface area contributed by atoms with Gasteiger partial charge in [0, 0.05) is 25.4 Å². The van der Waals surface area contributed by atoms with Crippen LogP contribution in [0.25, 0.3) is 0 Å². The quantitative estimate of drug-likeness (QED) is 0.799. The maximum absolute atomic E-state index is 11.8. The average Bonchev–Trinajstić information content (AvgIpc) is 2.36. The Morgan fingerprint density at radius 3 is 2.78 bits per heavy atom. The Kier molecular flexibility index (Phi) is 6.32. The van der Waals surface area contributed by atoms with E-state index in [-0.39, 0.29) is 12.6 Å². The zero-order valence-electron chi connectivity index (χ0n) is 11.0. The topological polar surface area (TPSA) is 69.6 Å². The van der Waals surface area contributed by atoms with Gasteiger partial charge in [-0.15, -0.1) is 0 Å². The molecule has 1 heterocycles. The highest BCUT2D eigenvalue weighted by Crippen LogP contribution is 2.24. The third-order valence-corrected chi connectivity index (χ3v) is 4.47. The van der Waals surface area contributed by atoms with E-state index in [4.69, 9.17) is 5.11 Å². The van der Waals surface area contributed by atoms with Crippen LogP contribution in [0.1, 0.15) is 26.2 Å². The van der Waals surface area contributed by atoms with Gasteiger partial charge in [-0.2, -0.15) is 11.8 Å². The summed E-state index contributed by atoms with van der Waals surface area (Å²) in [6.07, 6.45) is 3.66. The van der Waals surface area contributed by atoms with E-state index < -0.39 is 11.9 Å². The number of urea groups is 1. The number of nitrogens with zero attached hydrogens (tertiary/aromatic N) is 1. The largest absolute Gasteiger partial charge is 0.481 e. The number of thioether (sulfide) groups is 1. The summed E-state index contributed by atoms with van der Waals surface area (Å²) >= 11 is 1.91. The maximum Gasteiger partial charge on any atom is 0.317 e. The van der Waals surface area contributed by atoms with Crippen LogP contribution in [0.5, 0.6) is 0 Å². The number of carboxylic acids is 1. The van der Waals surface area contributed by atoms with Crippen molar-refractivity contribution in [1.82, 2.24) is 10.2 Å². The molecule has 2 N–H and O–H groups in total. The summed E-state index contributed by atoms with van der Waals surface area (Å²) in [5, 5.41) is 12.2. The van der Waals surface area contributed by atoms with E-state index >= 15 is 0 Å². The molecule has 1 aliphatic heterocycles. The molecule has 0 aromatic heterocycles. The van der Waals surface area contributed by atoms with E-state index in [0.29, 0.717) is 11.8 Å². The minimum Gasteiger partial charge on any atom is -0.481 e. The molecule has 5 nitrogen and oxygen atoms in total. The van der Waals surface area contributed by atoms with Gasteiger partial charge in [0.1, 0.15) is 0 Å². The average molecular weight is 274 g/mol. The van der Waals surface area contributed by atoms with Crippen LogP contribution in [-0.4, -0.2) is 53.1 Å². The van der Waals surface area contributed by atoms with Crippen molar-refractivity contribution in [2.45, 2.75) is 31.4 Å². The molecule has 0 aromatic carbocycles. The first-order valence-electron chi connectivity index (χ1n) is 6.34. The molecular weight excluding hydrogens is 252 g/mol. The Balaban J connectivity index is 2.24. The summed E-state index contributed by atoms with van der Waals surface area (Å²) in [5.41, 5.74) is 0. The highest BCUT2D eigenvalue weighted by molar-refractivity contribution is 7.99. The van der Waals surface area contributed by atoms with Gasteiger partial charge in [0.15, 0.2) is 0 Å². The monoisotopic (exact) mass is 274 g/mol. The molecule has 0 radical (unpaired) electrons. The summed E-state index contributed by atoms with van der Waals surface area (Å²) in [7, 11) is 1.63. The lowest BCUT2D eigenvalue weighted by Crippen LogP contribution is -2.43. The van der Waals surface area contributed by atoms with Gasteiger partial charge in [-0.1, -0.05) is 13.3 Å². The van der Waals surface area contributed by atoms with Crippen molar-refractivity contribution >= 4 is 23.8 Å². The predicted octanol–water partition coefficient (Wildman–Crippen LogP) is 1.63. The highest BCUT2D eigenvalue weighted by Gasteiger charge is 2.19. The van der Waals surface area contributed by atoms with Crippen molar-refractivity contribution in [3.05, 3.63) is 0 Å². The summed E-state index contributed by atoms with van der Waals surface area (Å²) in [4.78, 5) is 23.9. The molecule has 104 valence electrons. The van der Waals surface area contributed by atoms with Gasteiger partial charge in [0.25, 0.3) is 0 Å². The molecule has 1 saturated heterocycles. The molecule has 0 bridgehead atoms. The Hall–Kier alpha value is -0.910. The third kappa shape index (κ3) is 5.16. The van der Waals surface area contributed by atoms with E-state index in [1.54, 1.807) is 14.0 Å². The van der Waals surface area contributed by atoms with E-state index in [2.05, 4.69) is 5.32 Å². The first-order chi connectivity index (χ1) is 8.50. The lowest BCUT2D eigenvalue weighted by atomic mass is 10.2. The molecule has 0 spiro atoms. The standard InChI is InChI=1S/C12H22N2O3S/c1-9(11(15)16)8-14(2)12(17)13-7-10-5-3-4-6-18-10/h9-10H,3-8H2,1-2H3,(H,13,17)(H,15,16). The molecular formula is C12H22N2O3S. The number of aliphatic carboxylic acids is 1. The van der Waals surface area contributed by atoms with Gasteiger partial charge in [-0.25, -0.2) is 4.79 Å². The van der Waals surface area contributed by atoms with Crippen LogP contribution in [0.4, 0.5) is 4.79 Å².